The molecule has 0 radical (unpaired) electrons. The van der Waals surface area contributed by atoms with Crippen molar-refractivity contribution in [2.45, 2.75) is 6.42 Å². The second-order valence-electron chi connectivity index (χ2n) is 5.22. The molecule has 0 fully saturated rings. The lowest BCUT2D eigenvalue weighted by Crippen LogP contribution is -2.04. The highest BCUT2D eigenvalue weighted by Gasteiger charge is 2.24. The molecule has 0 unspecified atom stereocenters. The molecule has 110 valence electrons. The topological polar surface area (TPSA) is 29.9 Å². The van der Waals surface area contributed by atoms with Crippen LogP contribution in [0.2, 0.25) is 5.02 Å². The van der Waals surface area contributed by atoms with Crippen LogP contribution in [0.5, 0.6) is 0 Å². The van der Waals surface area contributed by atoms with Crippen LogP contribution in [0.4, 0.5) is 5.82 Å². The van der Waals surface area contributed by atoms with Crippen molar-refractivity contribution < 1.29 is 0 Å². The summed E-state index contributed by atoms with van der Waals surface area (Å²) in [5.41, 5.74) is 4.57. The van der Waals surface area contributed by atoms with Crippen LogP contribution < -0.4 is 5.32 Å². The van der Waals surface area contributed by atoms with Crippen molar-refractivity contribution in [3.05, 3.63) is 62.7 Å². The fraction of sp³-hybridized carbons (Fsp3) is 0.118. The van der Waals surface area contributed by atoms with E-state index in [0.717, 1.165) is 35.2 Å². The molecule has 2 aromatic carbocycles. The van der Waals surface area contributed by atoms with Crippen LogP contribution in [0, 0.1) is 3.57 Å². The molecule has 0 amide bonds. The molecule has 1 aromatic heterocycles. The maximum Gasteiger partial charge on any atom is 0.133 e. The second kappa shape index (κ2) is 5.59. The minimum atomic E-state index is 0.735. The largest absolute Gasteiger partial charge is 0.369 e. The van der Waals surface area contributed by atoms with Crippen LogP contribution in [0.25, 0.3) is 16.9 Å². The molecule has 5 heteroatoms. The van der Waals surface area contributed by atoms with E-state index < -0.39 is 0 Å². The van der Waals surface area contributed by atoms with Gasteiger partial charge in [0, 0.05) is 26.3 Å². The Kier molecular flexibility index (Phi) is 3.58. The molecule has 3 nitrogen and oxygen atoms in total. The molecule has 0 saturated heterocycles. The van der Waals surface area contributed by atoms with Gasteiger partial charge in [0.1, 0.15) is 5.82 Å². The Hall–Kier alpha value is -1.53. The number of benzene rings is 2. The zero-order chi connectivity index (χ0) is 15.1. The molecule has 0 saturated carbocycles. The third-order valence-electron chi connectivity index (χ3n) is 3.85. The number of fused-ring (bicyclic) bond motifs is 1. The van der Waals surface area contributed by atoms with Crippen molar-refractivity contribution in [1.82, 2.24) is 9.78 Å². The van der Waals surface area contributed by atoms with Crippen LogP contribution in [-0.4, -0.2) is 16.3 Å². The predicted molar refractivity (Wildman–Crippen MR) is 98.9 cm³/mol. The number of anilines is 1. The molecule has 0 aliphatic carbocycles. The number of nitrogens with zero attached hydrogens (tertiary/aromatic N) is 2. The zero-order valence-electron chi connectivity index (χ0n) is 11.7. The average molecular weight is 422 g/mol. The van der Waals surface area contributed by atoms with Crippen LogP contribution in [-0.2, 0) is 6.42 Å². The Balaban J connectivity index is 1.90. The summed E-state index contributed by atoms with van der Waals surface area (Å²) >= 11 is 8.36. The first-order valence-electron chi connectivity index (χ1n) is 7.10. The van der Waals surface area contributed by atoms with Crippen molar-refractivity contribution in [3.63, 3.8) is 0 Å². The van der Waals surface area contributed by atoms with E-state index in [1.54, 1.807) is 0 Å². The average Bonchev–Trinajstić information content (AvgIpc) is 3.11. The van der Waals surface area contributed by atoms with Crippen LogP contribution in [0.15, 0.2) is 48.5 Å². The van der Waals surface area contributed by atoms with Crippen molar-refractivity contribution in [2.24, 2.45) is 0 Å². The number of nitrogens with one attached hydrogen (secondary N) is 1. The smallest absolute Gasteiger partial charge is 0.133 e. The predicted octanol–water partition coefficient (Wildman–Crippen LogP) is 4.77. The second-order valence-corrected chi connectivity index (χ2v) is 6.82. The lowest BCUT2D eigenvalue weighted by Gasteiger charge is -2.06. The third kappa shape index (κ3) is 2.30. The van der Waals surface area contributed by atoms with Gasteiger partial charge in [0.25, 0.3) is 0 Å². The SMILES string of the molecule is Clc1ccc(-n2nc(-c3ccccc3I)c3c2NCC3)cc1. The van der Waals surface area contributed by atoms with Gasteiger partial charge < -0.3 is 5.32 Å². The van der Waals surface area contributed by atoms with E-state index in [4.69, 9.17) is 16.7 Å². The molecule has 1 N–H and O–H groups in total. The molecule has 22 heavy (non-hydrogen) atoms. The van der Waals surface area contributed by atoms with Gasteiger partial charge in [0.2, 0.25) is 0 Å². The van der Waals surface area contributed by atoms with Gasteiger partial charge in [0.05, 0.1) is 11.4 Å². The molecular formula is C17H13ClIN3. The molecule has 1 aliphatic rings. The minimum Gasteiger partial charge on any atom is -0.369 e. The van der Waals surface area contributed by atoms with Crippen molar-refractivity contribution in [3.8, 4) is 16.9 Å². The summed E-state index contributed by atoms with van der Waals surface area (Å²) in [6, 6.07) is 16.1. The van der Waals surface area contributed by atoms with Crippen molar-refractivity contribution in [1.29, 1.82) is 0 Å². The lowest BCUT2D eigenvalue weighted by molar-refractivity contribution is 0.882. The van der Waals surface area contributed by atoms with E-state index in [-0.39, 0.29) is 0 Å². The summed E-state index contributed by atoms with van der Waals surface area (Å²) in [7, 11) is 0. The van der Waals surface area contributed by atoms with Crippen molar-refractivity contribution >= 4 is 40.0 Å². The maximum atomic E-state index is 5.99. The number of hydrogen-bond donors (Lipinski definition) is 1. The molecule has 2 heterocycles. The number of halogens is 2. The zero-order valence-corrected chi connectivity index (χ0v) is 14.6. The van der Waals surface area contributed by atoms with Gasteiger partial charge in [-0.3, -0.25) is 0 Å². The van der Waals surface area contributed by atoms with Gasteiger partial charge in [-0.25, -0.2) is 4.68 Å². The first-order chi connectivity index (χ1) is 10.7. The van der Waals surface area contributed by atoms with E-state index in [9.17, 15) is 0 Å². The Morgan fingerprint density at radius 1 is 1.09 bits per heavy atom. The summed E-state index contributed by atoms with van der Waals surface area (Å²) in [4.78, 5) is 0. The minimum absolute atomic E-state index is 0.735. The van der Waals surface area contributed by atoms with Gasteiger partial charge >= 0.3 is 0 Å². The molecule has 1 aliphatic heterocycles. The standard InChI is InChI=1S/C17H13ClIN3/c18-11-5-7-12(8-6-11)22-17-14(9-10-20-17)16(21-22)13-3-1-2-4-15(13)19/h1-8,20H,9-10H2. The Morgan fingerprint density at radius 3 is 2.64 bits per heavy atom. The highest BCUT2D eigenvalue weighted by atomic mass is 127. The molecule has 0 bridgehead atoms. The molecule has 0 atom stereocenters. The fourth-order valence-electron chi connectivity index (χ4n) is 2.81. The third-order valence-corrected chi connectivity index (χ3v) is 5.04. The quantitative estimate of drug-likeness (QED) is 0.604. The fourth-order valence-corrected chi connectivity index (χ4v) is 3.58. The van der Waals surface area contributed by atoms with Crippen LogP contribution in [0.1, 0.15) is 5.56 Å². The van der Waals surface area contributed by atoms with Crippen LogP contribution in [0.3, 0.4) is 0 Å². The van der Waals surface area contributed by atoms with Crippen molar-refractivity contribution in [2.75, 3.05) is 11.9 Å². The van der Waals surface area contributed by atoms with E-state index in [2.05, 4.69) is 52.2 Å². The summed E-state index contributed by atoms with van der Waals surface area (Å²) < 4.78 is 3.20. The monoisotopic (exact) mass is 421 g/mol. The lowest BCUT2D eigenvalue weighted by atomic mass is 10.1. The maximum absolute atomic E-state index is 5.99. The Bertz CT molecular complexity index is 840. The number of hydrogen-bond acceptors (Lipinski definition) is 2. The van der Waals surface area contributed by atoms with E-state index in [1.165, 1.54) is 14.7 Å². The summed E-state index contributed by atoms with van der Waals surface area (Å²) in [5.74, 6) is 1.09. The van der Waals surface area contributed by atoms with E-state index in [1.807, 2.05) is 28.9 Å². The highest BCUT2D eigenvalue weighted by molar-refractivity contribution is 14.1. The molecule has 0 spiro atoms. The number of rotatable bonds is 2. The number of aromatic nitrogens is 2. The van der Waals surface area contributed by atoms with Gasteiger partial charge in [-0.15, -0.1) is 0 Å². The summed E-state index contributed by atoms with van der Waals surface area (Å²) in [6.07, 6.45) is 1.00. The van der Waals surface area contributed by atoms with Gasteiger partial charge in [-0.2, -0.15) is 5.10 Å². The molecular weight excluding hydrogens is 409 g/mol. The molecule has 4 rings (SSSR count). The Morgan fingerprint density at radius 2 is 1.86 bits per heavy atom. The summed E-state index contributed by atoms with van der Waals surface area (Å²) in [5, 5.41) is 9.06. The van der Waals surface area contributed by atoms with Crippen LogP contribution >= 0.6 is 34.2 Å². The normalized spacial score (nSPS) is 13.0. The van der Waals surface area contributed by atoms with Gasteiger partial charge in [0.15, 0.2) is 0 Å². The van der Waals surface area contributed by atoms with E-state index >= 15 is 0 Å². The Labute approximate surface area is 147 Å². The highest BCUT2D eigenvalue weighted by Crippen LogP contribution is 2.36. The molecule has 3 aromatic rings. The van der Waals surface area contributed by atoms with Gasteiger partial charge in [-0.1, -0.05) is 29.8 Å². The first kappa shape index (κ1) is 14.1. The van der Waals surface area contributed by atoms with E-state index in [0.29, 0.717) is 0 Å². The van der Waals surface area contributed by atoms with Gasteiger partial charge in [-0.05, 0) is 59.3 Å². The first-order valence-corrected chi connectivity index (χ1v) is 8.56. The summed E-state index contributed by atoms with van der Waals surface area (Å²) in [6.45, 7) is 0.956.